The molecule has 0 radical (unpaired) electrons. The van der Waals surface area contributed by atoms with Crippen LogP contribution >= 0.6 is 15.9 Å². The van der Waals surface area contributed by atoms with Crippen LogP contribution in [-0.4, -0.2) is 0 Å². The maximum Gasteiger partial charge on any atom is 0.0327 e. The van der Waals surface area contributed by atoms with Crippen molar-refractivity contribution in [3.05, 3.63) is 46.4 Å². The molecule has 0 saturated heterocycles. The molecular weight excluding hydrogens is 286 g/mol. The number of hydrogen-bond donors (Lipinski definition) is 1. The first kappa shape index (κ1) is 13.6. The molecule has 18 heavy (non-hydrogen) atoms. The van der Waals surface area contributed by atoms with Gasteiger partial charge >= 0.3 is 0 Å². The van der Waals surface area contributed by atoms with E-state index >= 15 is 0 Å². The van der Waals surface area contributed by atoms with Gasteiger partial charge in [-0.25, -0.2) is 0 Å². The van der Waals surface area contributed by atoms with Crippen molar-refractivity contribution in [2.45, 2.75) is 32.7 Å². The summed E-state index contributed by atoms with van der Waals surface area (Å²) in [4.78, 5) is 0. The van der Waals surface area contributed by atoms with Crippen LogP contribution in [-0.2, 0) is 0 Å². The number of benzene rings is 2. The lowest BCUT2D eigenvalue weighted by Crippen LogP contribution is -2.19. The van der Waals surface area contributed by atoms with Crippen molar-refractivity contribution >= 4 is 26.7 Å². The van der Waals surface area contributed by atoms with Crippen LogP contribution in [0.1, 0.15) is 38.3 Å². The van der Waals surface area contributed by atoms with Crippen LogP contribution in [0.2, 0.25) is 0 Å². The van der Waals surface area contributed by atoms with Gasteiger partial charge in [0.05, 0.1) is 0 Å². The van der Waals surface area contributed by atoms with E-state index in [1.165, 1.54) is 29.2 Å². The van der Waals surface area contributed by atoms with Gasteiger partial charge in [-0.15, -0.1) is 0 Å². The molecule has 0 aliphatic rings. The lowest BCUT2D eigenvalue weighted by molar-refractivity contribution is 0.436. The molecule has 2 rings (SSSR count). The zero-order valence-corrected chi connectivity index (χ0v) is 12.6. The molecule has 96 valence electrons. The lowest BCUT2D eigenvalue weighted by atomic mass is 9.89. The average molecular weight is 306 g/mol. The van der Waals surface area contributed by atoms with E-state index in [9.17, 15) is 0 Å². The number of halogens is 1. The van der Waals surface area contributed by atoms with Crippen molar-refractivity contribution in [1.29, 1.82) is 0 Å². The molecule has 0 aromatic heterocycles. The highest BCUT2D eigenvalue weighted by molar-refractivity contribution is 9.10. The van der Waals surface area contributed by atoms with E-state index in [2.05, 4.69) is 66.2 Å². The van der Waals surface area contributed by atoms with Gasteiger partial charge in [0.25, 0.3) is 0 Å². The summed E-state index contributed by atoms with van der Waals surface area (Å²) in [5, 5.41) is 2.51. The monoisotopic (exact) mass is 305 g/mol. The van der Waals surface area contributed by atoms with Gasteiger partial charge in [0.2, 0.25) is 0 Å². The van der Waals surface area contributed by atoms with Gasteiger partial charge in [0.15, 0.2) is 0 Å². The zero-order valence-electron chi connectivity index (χ0n) is 11.0. The van der Waals surface area contributed by atoms with Gasteiger partial charge in [0.1, 0.15) is 0 Å². The molecule has 1 nitrogen and oxygen atoms in total. The minimum atomic E-state index is 0.114. The third kappa shape index (κ3) is 2.60. The zero-order chi connectivity index (χ0) is 13.1. The Hall–Kier alpha value is -0.860. The van der Waals surface area contributed by atoms with E-state index in [0.717, 1.165) is 4.47 Å². The summed E-state index contributed by atoms with van der Waals surface area (Å²) in [6.45, 7) is 4.45. The molecule has 0 aliphatic carbocycles. The van der Waals surface area contributed by atoms with Gasteiger partial charge in [-0.1, -0.05) is 66.5 Å². The molecule has 0 saturated carbocycles. The summed E-state index contributed by atoms with van der Waals surface area (Å²) in [5.41, 5.74) is 7.68. The van der Waals surface area contributed by atoms with Gasteiger partial charge in [-0.3, -0.25) is 0 Å². The van der Waals surface area contributed by atoms with E-state index in [-0.39, 0.29) is 6.04 Å². The Morgan fingerprint density at radius 1 is 1.11 bits per heavy atom. The first-order valence-corrected chi connectivity index (χ1v) is 7.37. The molecule has 2 heteroatoms. The van der Waals surface area contributed by atoms with E-state index in [1.807, 2.05) is 0 Å². The standard InChI is InChI=1S/C16H20BrN/c1-3-6-11(2)16(18)14-9-10-15(17)13-8-5-4-7-12(13)14/h4-5,7-11,16H,3,6,18H2,1-2H3. The molecule has 0 fully saturated rings. The summed E-state index contributed by atoms with van der Waals surface area (Å²) < 4.78 is 1.14. The second-order valence-electron chi connectivity index (χ2n) is 4.97. The minimum absolute atomic E-state index is 0.114. The molecule has 0 heterocycles. The second-order valence-corrected chi connectivity index (χ2v) is 5.83. The van der Waals surface area contributed by atoms with Crippen LogP contribution in [0.25, 0.3) is 10.8 Å². The molecule has 2 atom stereocenters. The highest BCUT2D eigenvalue weighted by Gasteiger charge is 2.16. The average Bonchev–Trinajstić information content (AvgIpc) is 2.39. The van der Waals surface area contributed by atoms with E-state index in [1.54, 1.807) is 0 Å². The highest BCUT2D eigenvalue weighted by Crippen LogP contribution is 2.33. The molecule has 2 N–H and O–H groups in total. The SMILES string of the molecule is CCCC(C)C(N)c1ccc(Br)c2ccccc12. The van der Waals surface area contributed by atoms with Crippen LogP contribution < -0.4 is 5.73 Å². The fourth-order valence-electron chi connectivity index (χ4n) is 2.52. The predicted molar refractivity (Wildman–Crippen MR) is 82.6 cm³/mol. The van der Waals surface area contributed by atoms with Gasteiger partial charge < -0.3 is 5.73 Å². The smallest absolute Gasteiger partial charge is 0.0327 e. The topological polar surface area (TPSA) is 26.0 Å². The molecule has 2 aromatic carbocycles. The predicted octanol–water partition coefficient (Wildman–Crippen LogP) is 5.04. The summed E-state index contributed by atoms with van der Waals surface area (Å²) in [6, 6.07) is 12.8. The van der Waals surface area contributed by atoms with Crippen LogP contribution in [0.15, 0.2) is 40.9 Å². The Balaban J connectivity index is 2.48. The van der Waals surface area contributed by atoms with E-state index in [0.29, 0.717) is 5.92 Å². The van der Waals surface area contributed by atoms with Gasteiger partial charge in [-0.05, 0) is 34.7 Å². The van der Waals surface area contributed by atoms with Crippen molar-refractivity contribution in [3.63, 3.8) is 0 Å². The number of nitrogens with two attached hydrogens (primary N) is 1. The van der Waals surface area contributed by atoms with Crippen LogP contribution in [0.5, 0.6) is 0 Å². The van der Waals surface area contributed by atoms with Crippen molar-refractivity contribution in [2.24, 2.45) is 11.7 Å². The van der Waals surface area contributed by atoms with Crippen LogP contribution in [0.4, 0.5) is 0 Å². The molecule has 0 bridgehead atoms. The summed E-state index contributed by atoms with van der Waals surface area (Å²) in [7, 11) is 0. The summed E-state index contributed by atoms with van der Waals surface area (Å²) >= 11 is 3.61. The Labute approximate surface area is 118 Å². The summed E-state index contributed by atoms with van der Waals surface area (Å²) in [5.74, 6) is 0.514. The normalized spacial score (nSPS) is 14.7. The molecular formula is C16H20BrN. The van der Waals surface area contributed by atoms with E-state index < -0.39 is 0 Å². The second kappa shape index (κ2) is 5.85. The first-order valence-electron chi connectivity index (χ1n) is 6.58. The Morgan fingerprint density at radius 2 is 1.78 bits per heavy atom. The molecule has 0 amide bonds. The highest BCUT2D eigenvalue weighted by atomic mass is 79.9. The van der Waals surface area contributed by atoms with Crippen molar-refractivity contribution in [2.75, 3.05) is 0 Å². The van der Waals surface area contributed by atoms with Crippen molar-refractivity contribution in [1.82, 2.24) is 0 Å². The van der Waals surface area contributed by atoms with Gasteiger partial charge in [0, 0.05) is 10.5 Å². The van der Waals surface area contributed by atoms with Crippen LogP contribution in [0.3, 0.4) is 0 Å². The third-order valence-electron chi connectivity index (χ3n) is 3.62. The number of fused-ring (bicyclic) bond motifs is 1. The summed E-state index contributed by atoms with van der Waals surface area (Å²) in [6.07, 6.45) is 2.36. The molecule has 0 aliphatic heterocycles. The van der Waals surface area contributed by atoms with Crippen LogP contribution in [0, 0.1) is 5.92 Å². The van der Waals surface area contributed by atoms with Gasteiger partial charge in [-0.2, -0.15) is 0 Å². The lowest BCUT2D eigenvalue weighted by Gasteiger charge is -2.21. The fraction of sp³-hybridized carbons (Fsp3) is 0.375. The number of hydrogen-bond acceptors (Lipinski definition) is 1. The Kier molecular flexibility index (Phi) is 4.41. The van der Waals surface area contributed by atoms with Crippen molar-refractivity contribution < 1.29 is 0 Å². The van der Waals surface area contributed by atoms with E-state index in [4.69, 9.17) is 5.73 Å². The Bertz CT molecular complexity index is 536. The fourth-order valence-corrected chi connectivity index (χ4v) is 3.00. The Morgan fingerprint density at radius 3 is 2.44 bits per heavy atom. The molecule has 2 aromatic rings. The molecule has 2 unspecified atom stereocenters. The largest absolute Gasteiger partial charge is 0.324 e. The minimum Gasteiger partial charge on any atom is -0.324 e. The maximum absolute atomic E-state index is 6.43. The molecule has 0 spiro atoms. The number of rotatable bonds is 4. The first-order chi connectivity index (χ1) is 8.65. The third-order valence-corrected chi connectivity index (χ3v) is 4.31. The maximum atomic E-state index is 6.43. The van der Waals surface area contributed by atoms with Crippen molar-refractivity contribution in [3.8, 4) is 0 Å². The quantitative estimate of drug-likeness (QED) is 0.841.